The van der Waals surface area contributed by atoms with Gasteiger partial charge in [-0.25, -0.2) is 4.89 Å². The molecule has 1 amide bonds. The summed E-state index contributed by atoms with van der Waals surface area (Å²) in [6.45, 7) is 1.82. The summed E-state index contributed by atoms with van der Waals surface area (Å²) in [5.41, 5.74) is 0. The van der Waals surface area contributed by atoms with Crippen LogP contribution in [-0.2, 0) is 14.7 Å². The van der Waals surface area contributed by atoms with E-state index >= 15 is 0 Å². The van der Waals surface area contributed by atoms with E-state index in [1.165, 1.54) is 32.1 Å². The highest BCUT2D eigenvalue weighted by molar-refractivity contribution is 5.81. The maximum Gasteiger partial charge on any atom is 0.251 e. The Morgan fingerprint density at radius 3 is 2.00 bits per heavy atom. The molecule has 0 saturated heterocycles. The Morgan fingerprint density at radius 1 is 0.923 bits per heavy atom. The number of hydrogen-bond donors (Lipinski definition) is 5. The molecule has 156 valence electrons. The molecule has 9 heteroatoms. The van der Waals surface area contributed by atoms with Crippen molar-refractivity contribution in [3.63, 3.8) is 0 Å². The van der Waals surface area contributed by atoms with Crippen LogP contribution in [0.5, 0.6) is 0 Å². The molecule has 4 atom stereocenters. The molecule has 0 fully saturated rings. The van der Waals surface area contributed by atoms with Crippen molar-refractivity contribution >= 4 is 5.91 Å². The zero-order chi connectivity index (χ0) is 19.8. The number of amides is 1. The largest absolute Gasteiger partial charge is 0.692 e. The van der Waals surface area contributed by atoms with Crippen molar-refractivity contribution in [3.05, 3.63) is 0 Å². The van der Waals surface area contributed by atoms with Crippen LogP contribution in [0.2, 0.25) is 0 Å². The van der Waals surface area contributed by atoms with Crippen LogP contribution in [0.25, 0.3) is 0 Å². The fraction of sp³-hybridized carbons (Fsp3) is 0.941. The SMILES string of the molecule is CCCCCCCCCCCNC(=O)[C@H](O)[C@@H](O)[C@H](O)[C@H](O)COO[O-]. The van der Waals surface area contributed by atoms with Crippen LogP contribution in [-0.4, -0.2) is 63.9 Å². The molecule has 0 aromatic heterocycles. The van der Waals surface area contributed by atoms with E-state index in [1.807, 2.05) is 0 Å². The molecule has 0 spiro atoms. The smallest absolute Gasteiger partial charge is 0.251 e. The lowest BCUT2D eigenvalue weighted by Crippen LogP contribution is -2.52. The first kappa shape index (κ1) is 25.2. The molecule has 0 unspecified atom stereocenters. The molecule has 26 heavy (non-hydrogen) atoms. The average molecular weight is 380 g/mol. The van der Waals surface area contributed by atoms with E-state index < -0.39 is 36.9 Å². The number of unbranched alkanes of at least 4 members (excludes halogenated alkanes) is 8. The number of rotatable bonds is 17. The molecule has 0 aromatic carbocycles. The van der Waals surface area contributed by atoms with E-state index in [0.717, 1.165) is 25.7 Å². The van der Waals surface area contributed by atoms with E-state index in [-0.39, 0.29) is 0 Å². The maximum absolute atomic E-state index is 11.7. The van der Waals surface area contributed by atoms with Crippen molar-refractivity contribution in [3.8, 4) is 0 Å². The second-order valence-electron chi connectivity index (χ2n) is 6.47. The highest BCUT2D eigenvalue weighted by Crippen LogP contribution is 2.09. The number of carbonyl (C=O) groups is 1. The van der Waals surface area contributed by atoms with Crippen LogP contribution >= 0.6 is 0 Å². The predicted molar refractivity (Wildman–Crippen MR) is 91.3 cm³/mol. The van der Waals surface area contributed by atoms with Crippen LogP contribution in [0.3, 0.4) is 0 Å². The van der Waals surface area contributed by atoms with E-state index in [2.05, 4.69) is 22.2 Å². The van der Waals surface area contributed by atoms with Gasteiger partial charge in [0.2, 0.25) is 0 Å². The molecular formula is C17H34NO8-. The van der Waals surface area contributed by atoms with Crippen LogP contribution in [0.15, 0.2) is 0 Å². The highest BCUT2D eigenvalue weighted by atomic mass is 17.5. The molecule has 0 aliphatic carbocycles. The van der Waals surface area contributed by atoms with E-state index in [0.29, 0.717) is 6.54 Å². The molecule has 0 aromatic rings. The second kappa shape index (κ2) is 16.4. The number of aliphatic hydroxyl groups is 4. The maximum atomic E-state index is 11.7. The molecule has 0 radical (unpaired) electrons. The van der Waals surface area contributed by atoms with Gasteiger partial charge >= 0.3 is 0 Å². The van der Waals surface area contributed by atoms with Gasteiger partial charge in [0.25, 0.3) is 5.91 Å². The first-order valence-electron chi connectivity index (χ1n) is 9.37. The van der Waals surface area contributed by atoms with Gasteiger partial charge in [-0.1, -0.05) is 58.3 Å². The van der Waals surface area contributed by atoms with E-state index in [9.17, 15) is 30.5 Å². The third-order valence-electron chi connectivity index (χ3n) is 4.20. The van der Waals surface area contributed by atoms with Crippen molar-refractivity contribution in [2.75, 3.05) is 13.2 Å². The van der Waals surface area contributed by atoms with Crippen molar-refractivity contribution in [2.24, 2.45) is 0 Å². The van der Waals surface area contributed by atoms with E-state index in [4.69, 9.17) is 0 Å². The third-order valence-corrected chi connectivity index (χ3v) is 4.20. The van der Waals surface area contributed by atoms with Crippen LogP contribution in [0.1, 0.15) is 64.7 Å². The van der Waals surface area contributed by atoms with Gasteiger partial charge in [-0.15, -0.1) is 0 Å². The third kappa shape index (κ3) is 11.7. The Hall–Kier alpha value is -0.810. The highest BCUT2D eigenvalue weighted by Gasteiger charge is 2.34. The van der Waals surface area contributed by atoms with E-state index in [1.54, 1.807) is 0 Å². The molecule has 5 N–H and O–H groups in total. The molecule has 0 heterocycles. The molecule has 0 rings (SSSR count). The fourth-order valence-corrected chi connectivity index (χ4v) is 2.52. The Bertz CT molecular complexity index is 345. The van der Waals surface area contributed by atoms with Gasteiger partial charge in [0.1, 0.15) is 24.9 Å². The van der Waals surface area contributed by atoms with Gasteiger partial charge < -0.3 is 31.0 Å². The van der Waals surface area contributed by atoms with Gasteiger partial charge in [0.05, 0.1) is 0 Å². The average Bonchev–Trinajstić information content (AvgIpc) is 2.65. The Morgan fingerprint density at radius 2 is 1.46 bits per heavy atom. The topological polar surface area (TPSA) is 152 Å². The molecule has 0 bridgehead atoms. The summed E-state index contributed by atoms with van der Waals surface area (Å²) in [6, 6.07) is 0. The fourth-order valence-electron chi connectivity index (χ4n) is 2.52. The Labute approximate surface area is 154 Å². The van der Waals surface area contributed by atoms with Gasteiger partial charge in [0.15, 0.2) is 6.10 Å². The number of nitrogens with one attached hydrogen (secondary N) is 1. The number of hydrogen-bond acceptors (Lipinski definition) is 8. The molecular weight excluding hydrogens is 346 g/mol. The number of carbonyl (C=O) groups excluding carboxylic acids is 1. The van der Waals surface area contributed by atoms with Crippen molar-refractivity contribution in [1.82, 2.24) is 5.32 Å². The van der Waals surface area contributed by atoms with Crippen LogP contribution in [0, 0.1) is 0 Å². The summed E-state index contributed by atoms with van der Waals surface area (Å²) >= 11 is 0. The monoisotopic (exact) mass is 380 g/mol. The second-order valence-corrected chi connectivity index (χ2v) is 6.47. The van der Waals surface area contributed by atoms with Crippen molar-refractivity contribution in [1.29, 1.82) is 0 Å². The first-order valence-corrected chi connectivity index (χ1v) is 9.37. The van der Waals surface area contributed by atoms with Crippen LogP contribution < -0.4 is 10.6 Å². The summed E-state index contributed by atoms with van der Waals surface area (Å²) in [5, 5.41) is 53.6. The predicted octanol–water partition coefficient (Wildman–Crippen LogP) is -0.699. The van der Waals surface area contributed by atoms with Gasteiger partial charge in [0, 0.05) is 6.54 Å². The minimum Gasteiger partial charge on any atom is -0.692 e. The van der Waals surface area contributed by atoms with Crippen LogP contribution in [0.4, 0.5) is 0 Å². The summed E-state index contributed by atoms with van der Waals surface area (Å²) in [7, 11) is 0. The van der Waals surface area contributed by atoms with Crippen molar-refractivity contribution < 1.29 is 40.4 Å². The normalized spacial score (nSPS) is 16.1. The summed E-state index contributed by atoms with van der Waals surface area (Å²) in [5.74, 6) is -0.843. The van der Waals surface area contributed by atoms with Gasteiger partial charge in [-0.05, 0) is 6.42 Å². The first-order chi connectivity index (χ1) is 12.5. The molecule has 0 aliphatic heterocycles. The lowest BCUT2D eigenvalue weighted by molar-refractivity contribution is -0.800. The lowest BCUT2D eigenvalue weighted by atomic mass is 10.0. The minimum atomic E-state index is -1.93. The molecule has 9 nitrogen and oxygen atoms in total. The Balaban J connectivity index is 3.81. The standard InChI is InChI=1S/C17H35NO8/c1-2-3-4-5-6-7-8-9-10-11-18-17(23)16(22)15(21)14(20)13(19)12-25-26-24/h13-16,19-22,24H,2-12H2,1H3,(H,18,23)/p-1/t13-,14-,15+,16-/m1/s1. The molecule has 0 aliphatic rings. The summed E-state index contributed by atoms with van der Waals surface area (Å²) in [4.78, 5) is 15.6. The minimum absolute atomic E-state index is 0.351. The van der Waals surface area contributed by atoms with Gasteiger partial charge in [-0.3, -0.25) is 9.83 Å². The molecule has 0 saturated carbocycles. The van der Waals surface area contributed by atoms with Crippen molar-refractivity contribution in [2.45, 2.75) is 89.1 Å². The zero-order valence-corrected chi connectivity index (χ0v) is 15.5. The quantitative estimate of drug-likeness (QED) is 0.126. The summed E-state index contributed by atoms with van der Waals surface area (Å²) in [6.07, 6.45) is 2.83. The van der Waals surface area contributed by atoms with Gasteiger partial charge in [-0.2, -0.15) is 0 Å². The Kier molecular flexibility index (Phi) is 15.9. The lowest BCUT2D eigenvalue weighted by Gasteiger charge is -2.25. The number of aliphatic hydroxyl groups excluding tert-OH is 4. The summed E-state index contributed by atoms with van der Waals surface area (Å²) < 4.78 is 0. The zero-order valence-electron chi connectivity index (χ0n) is 15.5.